The molecule has 0 heterocycles. The Morgan fingerprint density at radius 1 is 1.05 bits per heavy atom. The minimum absolute atomic E-state index is 0.162. The molecule has 0 aromatic heterocycles. The van der Waals surface area contributed by atoms with E-state index in [1.165, 1.54) is 38.5 Å². The van der Waals surface area contributed by atoms with Crippen molar-refractivity contribution in [3.8, 4) is 0 Å². The predicted molar refractivity (Wildman–Crippen MR) is 80.5 cm³/mol. The molecule has 4 saturated carbocycles. The fourth-order valence-electron chi connectivity index (χ4n) is 5.41. The zero-order valence-corrected chi connectivity index (χ0v) is 13.1. The van der Waals surface area contributed by atoms with E-state index in [0.717, 1.165) is 24.4 Å². The summed E-state index contributed by atoms with van der Waals surface area (Å²) in [5, 5.41) is 0. The monoisotopic (exact) mass is 281 g/mol. The van der Waals surface area contributed by atoms with Crippen LogP contribution in [-0.2, 0) is 9.47 Å². The molecule has 3 heteroatoms. The normalized spacial score (nSPS) is 41.9. The molecular formula is C17H31NO2. The highest BCUT2D eigenvalue weighted by atomic mass is 16.5. The Hall–Kier alpha value is -0.120. The van der Waals surface area contributed by atoms with Crippen LogP contribution in [0.4, 0.5) is 0 Å². The molecule has 2 atom stereocenters. The molecule has 0 amide bonds. The van der Waals surface area contributed by atoms with E-state index in [1.807, 2.05) is 6.92 Å². The van der Waals surface area contributed by atoms with Gasteiger partial charge in [0.05, 0.1) is 19.3 Å². The molecule has 0 aliphatic heterocycles. The minimum atomic E-state index is 0.162. The molecule has 0 saturated heterocycles. The van der Waals surface area contributed by atoms with E-state index in [2.05, 4.69) is 6.92 Å². The Morgan fingerprint density at radius 3 is 2.10 bits per heavy atom. The Labute approximate surface area is 123 Å². The molecule has 2 N–H and O–H groups in total. The zero-order valence-electron chi connectivity index (χ0n) is 13.1. The predicted octanol–water partition coefficient (Wildman–Crippen LogP) is 2.97. The first-order valence-electron chi connectivity index (χ1n) is 8.56. The maximum Gasteiger partial charge on any atom is 0.0781 e. The van der Waals surface area contributed by atoms with Crippen molar-refractivity contribution in [1.82, 2.24) is 0 Å². The molecule has 0 aromatic carbocycles. The lowest BCUT2D eigenvalue weighted by molar-refractivity contribution is -0.0916. The molecule has 4 bridgehead atoms. The van der Waals surface area contributed by atoms with Crippen LogP contribution in [0.25, 0.3) is 0 Å². The van der Waals surface area contributed by atoms with Gasteiger partial charge in [-0.15, -0.1) is 0 Å². The largest absolute Gasteiger partial charge is 0.379 e. The van der Waals surface area contributed by atoms with Gasteiger partial charge in [0.25, 0.3) is 0 Å². The molecule has 4 fully saturated rings. The van der Waals surface area contributed by atoms with Crippen molar-refractivity contribution in [1.29, 1.82) is 0 Å². The summed E-state index contributed by atoms with van der Waals surface area (Å²) < 4.78 is 11.4. The third-order valence-electron chi connectivity index (χ3n) is 5.99. The number of ether oxygens (including phenoxy) is 2. The van der Waals surface area contributed by atoms with Crippen molar-refractivity contribution in [2.24, 2.45) is 28.9 Å². The van der Waals surface area contributed by atoms with Gasteiger partial charge in [-0.2, -0.15) is 0 Å². The first kappa shape index (κ1) is 14.8. The summed E-state index contributed by atoms with van der Waals surface area (Å²) in [7, 11) is 0. The molecule has 4 aliphatic rings. The number of hydrogen-bond acceptors (Lipinski definition) is 3. The first-order chi connectivity index (χ1) is 9.61. The molecule has 3 nitrogen and oxygen atoms in total. The van der Waals surface area contributed by atoms with Crippen LogP contribution in [0, 0.1) is 23.2 Å². The second-order valence-corrected chi connectivity index (χ2v) is 7.69. The highest BCUT2D eigenvalue weighted by molar-refractivity contribution is 5.05. The van der Waals surface area contributed by atoms with Crippen LogP contribution in [0.15, 0.2) is 0 Å². The molecular weight excluding hydrogens is 250 g/mol. The van der Waals surface area contributed by atoms with Gasteiger partial charge in [0, 0.05) is 12.6 Å². The van der Waals surface area contributed by atoms with E-state index in [-0.39, 0.29) is 12.1 Å². The summed E-state index contributed by atoms with van der Waals surface area (Å²) in [4.78, 5) is 0. The van der Waals surface area contributed by atoms with E-state index < -0.39 is 0 Å². The number of rotatable bonds is 7. The van der Waals surface area contributed by atoms with Gasteiger partial charge in [-0.3, -0.25) is 0 Å². The van der Waals surface area contributed by atoms with Gasteiger partial charge in [-0.05, 0) is 75.5 Å². The van der Waals surface area contributed by atoms with Crippen molar-refractivity contribution < 1.29 is 9.47 Å². The van der Waals surface area contributed by atoms with Crippen molar-refractivity contribution in [3.05, 3.63) is 0 Å². The van der Waals surface area contributed by atoms with Crippen LogP contribution in [0.2, 0.25) is 0 Å². The summed E-state index contributed by atoms with van der Waals surface area (Å²) in [5.41, 5.74) is 6.99. The van der Waals surface area contributed by atoms with Gasteiger partial charge < -0.3 is 15.2 Å². The molecule has 0 aromatic rings. The average Bonchev–Trinajstić information content (AvgIpc) is 2.41. The second-order valence-electron chi connectivity index (χ2n) is 7.69. The summed E-state index contributed by atoms with van der Waals surface area (Å²) in [5.74, 6) is 2.90. The lowest BCUT2D eigenvalue weighted by atomic mass is 9.48. The van der Waals surface area contributed by atoms with Crippen LogP contribution in [0.3, 0.4) is 0 Å². The average molecular weight is 281 g/mol. The summed E-state index contributed by atoms with van der Waals surface area (Å²) in [6, 6.07) is 0.222. The third kappa shape index (κ3) is 2.90. The summed E-state index contributed by atoms with van der Waals surface area (Å²) in [6.45, 7) is 6.26. The second kappa shape index (κ2) is 5.94. The smallest absolute Gasteiger partial charge is 0.0781 e. The lowest BCUT2D eigenvalue weighted by Crippen LogP contribution is -2.56. The number of hydrogen-bond donors (Lipinski definition) is 1. The van der Waals surface area contributed by atoms with Gasteiger partial charge in [-0.25, -0.2) is 0 Å². The van der Waals surface area contributed by atoms with Crippen LogP contribution in [-0.4, -0.2) is 32.0 Å². The fraction of sp³-hybridized carbons (Fsp3) is 1.00. The topological polar surface area (TPSA) is 44.5 Å². The van der Waals surface area contributed by atoms with E-state index in [9.17, 15) is 0 Å². The number of nitrogens with two attached hydrogens (primary N) is 1. The van der Waals surface area contributed by atoms with Crippen LogP contribution >= 0.6 is 0 Å². The van der Waals surface area contributed by atoms with Gasteiger partial charge in [0.1, 0.15) is 0 Å². The van der Waals surface area contributed by atoms with Crippen LogP contribution in [0.1, 0.15) is 52.4 Å². The molecule has 20 heavy (non-hydrogen) atoms. The molecule has 4 aliphatic carbocycles. The van der Waals surface area contributed by atoms with Crippen molar-refractivity contribution >= 4 is 0 Å². The minimum Gasteiger partial charge on any atom is -0.379 e. The molecule has 2 unspecified atom stereocenters. The maximum absolute atomic E-state index is 6.58. The highest BCUT2D eigenvalue weighted by Gasteiger charge is 2.53. The zero-order chi connectivity index (χ0) is 14.2. The Balaban J connectivity index is 1.53. The van der Waals surface area contributed by atoms with Crippen molar-refractivity contribution in [2.45, 2.75) is 64.5 Å². The van der Waals surface area contributed by atoms with Crippen molar-refractivity contribution in [3.63, 3.8) is 0 Å². The first-order valence-corrected chi connectivity index (χ1v) is 8.56. The summed E-state index contributed by atoms with van der Waals surface area (Å²) >= 11 is 0. The molecule has 4 rings (SSSR count). The molecule has 0 spiro atoms. The van der Waals surface area contributed by atoms with Gasteiger partial charge in [0.15, 0.2) is 0 Å². The van der Waals surface area contributed by atoms with Crippen LogP contribution in [0.5, 0.6) is 0 Å². The maximum atomic E-state index is 6.58. The third-order valence-corrected chi connectivity index (χ3v) is 5.99. The lowest BCUT2D eigenvalue weighted by Gasteiger charge is -2.58. The summed E-state index contributed by atoms with van der Waals surface area (Å²) in [6.07, 6.45) is 8.69. The van der Waals surface area contributed by atoms with Crippen molar-refractivity contribution in [2.75, 3.05) is 19.8 Å². The molecule has 0 radical (unpaired) electrons. The standard InChI is InChI=1S/C17H31NO2/c1-3-19-10-12(2)20-11-16(18)17-7-13-4-14(8-17)6-15(5-13)9-17/h12-16H,3-11,18H2,1-2H3. The highest BCUT2D eigenvalue weighted by Crippen LogP contribution is 2.60. The Bertz CT molecular complexity index is 296. The van der Waals surface area contributed by atoms with E-state index in [0.29, 0.717) is 18.6 Å². The van der Waals surface area contributed by atoms with E-state index in [4.69, 9.17) is 15.2 Å². The van der Waals surface area contributed by atoms with Crippen LogP contribution < -0.4 is 5.73 Å². The quantitative estimate of drug-likeness (QED) is 0.780. The SMILES string of the molecule is CCOCC(C)OCC(N)C12CC3CC(CC(C3)C1)C2. The van der Waals surface area contributed by atoms with Gasteiger partial charge >= 0.3 is 0 Å². The van der Waals surface area contributed by atoms with Gasteiger partial charge in [0.2, 0.25) is 0 Å². The Morgan fingerprint density at radius 2 is 1.60 bits per heavy atom. The van der Waals surface area contributed by atoms with E-state index >= 15 is 0 Å². The molecule has 116 valence electrons. The fourth-order valence-corrected chi connectivity index (χ4v) is 5.41. The Kier molecular flexibility index (Phi) is 4.40. The van der Waals surface area contributed by atoms with Gasteiger partial charge in [-0.1, -0.05) is 0 Å². The van der Waals surface area contributed by atoms with E-state index in [1.54, 1.807) is 0 Å².